The van der Waals surface area contributed by atoms with Gasteiger partial charge < -0.3 is 25.4 Å². The Bertz CT molecular complexity index is 726. The molecule has 3 rings (SSSR count). The van der Waals surface area contributed by atoms with E-state index in [9.17, 15) is 4.79 Å². The van der Waals surface area contributed by atoms with E-state index in [1.54, 1.807) is 14.2 Å². The van der Waals surface area contributed by atoms with Gasteiger partial charge in [0.1, 0.15) is 17.6 Å². The summed E-state index contributed by atoms with van der Waals surface area (Å²) in [6.07, 6.45) is 3.62. The molecule has 1 aromatic rings. The highest BCUT2D eigenvalue weighted by molar-refractivity contribution is 14.0. The van der Waals surface area contributed by atoms with Crippen LogP contribution in [0.15, 0.2) is 17.1 Å². The van der Waals surface area contributed by atoms with Crippen molar-refractivity contribution in [3.63, 3.8) is 0 Å². The average molecular weight is 502 g/mol. The number of carbonyl (C=O) groups is 1. The topological polar surface area (TPSA) is 89.2 Å². The van der Waals surface area contributed by atoms with Gasteiger partial charge in [-0.1, -0.05) is 0 Å². The summed E-state index contributed by atoms with van der Waals surface area (Å²) in [5.41, 5.74) is 7.60. The molecule has 28 heavy (non-hydrogen) atoms. The summed E-state index contributed by atoms with van der Waals surface area (Å²) in [7, 11) is 3.48. The second-order valence-electron chi connectivity index (χ2n) is 7.43. The number of rotatable bonds is 5. The van der Waals surface area contributed by atoms with Crippen molar-refractivity contribution < 1.29 is 14.3 Å². The van der Waals surface area contributed by atoms with E-state index >= 15 is 0 Å². The summed E-state index contributed by atoms with van der Waals surface area (Å²) in [5, 5.41) is 3.43. The van der Waals surface area contributed by atoms with Crippen LogP contribution in [0.4, 0.5) is 0 Å². The van der Waals surface area contributed by atoms with Crippen molar-refractivity contribution in [2.45, 2.75) is 45.3 Å². The van der Waals surface area contributed by atoms with E-state index in [-0.39, 0.29) is 36.0 Å². The second kappa shape index (κ2) is 10.2. The lowest BCUT2D eigenvalue weighted by Gasteiger charge is -2.34. The highest BCUT2D eigenvalue weighted by Crippen LogP contribution is 2.35. The van der Waals surface area contributed by atoms with Gasteiger partial charge in [-0.15, -0.1) is 24.0 Å². The van der Waals surface area contributed by atoms with Crippen LogP contribution >= 0.6 is 24.0 Å². The lowest BCUT2D eigenvalue weighted by molar-refractivity contribution is -0.119. The zero-order chi connectivity index (χ0) is 19.4. The number of primary amides is 1. The maximum Gasteiger partial charge on any atom is 0.217 e. The molecule has 156 valence electrons. The molecule has 1 fully saturated rings. The molecule has 2 aliphatic rings. The number of fused-ring (bicyclic) bond motifs is 1. The maximum atomic E-state index is 11.2. The van der Waals surface area contributed by atoms with E-state index in [1.165, 1.54) is 5.56 Å². The van der Waals surface area contributed by atoms with Gasteiger partial charge in [-0.05, 0) is 37.8 Å². The SMILES string of the molecule is CN=C(NCc1cc2c(cc1OC)CC(C)O2)N1CCCC(CC(N)=O)C1.I. The second-order valence-corrected chi connectivity index (χ2v) is 7.43. The van der Waals surface area contributed by atoms with Crippen molar-refractivity contribution in [1.82, 2.24) is 10.2 Å². The fourth-order valence-corrected chi connectivity index (χ4v) is 4.02. The number of hydrogen-bond acceptors (Lipinski definition) is 4. The van der Waals surface area contributed by atoms with Gasteiger partial charge in [0.25, 0.3) is 0 Å². The monoisotopic (exact) mass is 502 g/mol. The first kappa shape index (κ1) is 22.6. The summed E-state index contributed by atoms with van der Waals surface area (Å²) in [6.45, 7) is 4.39. The van der Waals surface area contributed by atoms with E-state index in [1.807, 2.05) is 0 Å². The molecule has 0 spiro atoms. The third kappa shape index (κ3) is 5.42. The van der Waals surface area contributed by atoms with E-state index in [0.29, 0.717) is 18.9 Å². The number of aliphatic imine (C=N–C) groups is 1. The van der Waals surface area contributed by atoms with Crippen LogP contribution in [0.5, 0.6) is 11.5 Å². The van der Waals surface area contributed by atoms with Crippen molar-refractivity contribution >= 4 is 35.8 Å². The zero-order valence-corrected chi connectivity index (χ0v) is 19.2. The molecular weight excluding hydrogens is 471 g/mol. The number of ether oxygens (including phenoxy) is 2. The van der Waals surface area contributed by atoms with Crippen LogP contribution in [-0.2, 0) is 17.8 Å². The van der Waals surface area contributed by atoms with Gasteiger partial charge in [0.15, 0.2) is 5.96 Å². The summed E-state index contributed by atoms with van der Waals surface area (Å²) in [5.74, 6) is 2.69. The van der Waals surface area contributed by atoms with E-state index in [0.717, 1.165) is 55.4 Å². The molecule has 3 N–H and O–H groups in total. The minimum atomic E-state index is -0.234. The summed E-state index contributed by atoms with van der Waals surface area (Å²) in [4.78, 5) is 17.9. The fraction of sp³-hybridized carbons (Fsp3) is 0.600. The number of guanidine groups is 1. The Morgan fingerprint density at radius 2 is 2.25 bits per heavy atom. The molecular formula is C20H31IN4O3. The van der Waals surface area contributed by atoms with Crippen molar-refractivity contribution in [2.24, 2.45) is 16.6 Å². The molecule has 1 aromatic carbocycles. The lowest BCUT2D eigenvalue weighted by atomic mass is 9.95. The van der Waals surface area contributed by atoms with Gasteiger partial charge in [-0.25, -0.2) is 0 Å². The van der Waals surface area contributed by atoms with Gasteiger partial charge in [0.2, 0.25) is 5.91 Å². The molecule has 0 saturated carbocycles. The van der Waals surface area contributed by atoms with Gasteiger partial charge >= 0.3 is 0 Å². The van der Waals surface area contributed by atoms with Crippen LogP contribution in [0.25, 0.3) is 0 Å². The minimum absolute atomic E-state index is 0. The first-order valence-electron chi connectivity index (χ1n) is 9.60. The molecule has 8 heteroatoms. The van der Waals surface area contributed by atoms with Crippen molar-refractivity contribution in [3.05, 3.63) is 23.3 Å². The predicted octanol–water partition coefficient (Wildman–Crippen LogP) is 2.30. The van der Waals surface area contributed by atoms with Crippen LogP contribution < -0.4 is 20.5 Å². The van der Waals surface area contributed by atoms with Crippen LogP contribution in [-0.4, -0.2) is 50.1 Å². The van der Waals surface area contributed by atoms with Crippen LogP contribution in [0.3, 0.4) is 0 Å². The highest BCUT2D eigenvalue weighted by atomic mass is 127. The van der Waals surface area contributed by atoms with E-state index < -0.39 is 0 Å². The first-order chi connectivity index (χ1) is 13.0. The Morgan fingerprint density at radius 1 is 1.46 bits per heavy atom. The highest BCUT2D eigenvalue weighted by Gasteiger charge is 2.25. The molecule has 1 amide bonds. The molecule has 0 aliphatic carbocycles. The van der Waals surface area contributed by atoms with E-state index in [2.05, 4.69) is 34.3 Å². The third-order valence-electron chi connectivity index (χ3n) is 5.26. The van der Waals surface area contributed by atoms with Gasteiger partial charge in [-0.3, -0.25) is 9.79 Å². The Labute approximate surface area is 184 Å². The molecule has 7 nitrogen and oxygen atoms in total. The molecule has 0 radical (unpaired) electrons. The third-order valence-corrected chi connectivity index (χ3v) is 5.26. The number of likely N-dealkylation sites (tertiary alicyclic amines) is 1. The maximum absolute atomic E-state index is 11.2. The number of carbonyl (C=O) groups excluding carboxylic acids is 1. The van der Waals surface area contributed by atoms with Gasteiger partial charge in [-0.2, -0.15) is 0 Å². The number of methoxy groups -OCH3 is 1. The molecule has 2 heterocycles. The lowest BCUT2D eigenvalue weighted by Crippen LogP contribution is -2.46. The van der Waals surface area contributed by atoms with E-state index in [4.69, 9.17) is 15.2 Å². The smallest absolute Gasteiger partial charge is 0.217 e. The molecule has 2 aliphatic heterocycles. The minimum Gasteiger partial charge on any atom is -0.496 e. The fourth-order valence-electron chi connectivity index (χ4n) is 4.02. The van der Waals surface area contributed by atoms with Crippen LogP contribution in [0.2, 0.25) is 0 Å². The molecule has 0 aromatic heterocycles. The summed E-state index contributed by atoms with van der Waals surface area (Å²) in [6, 6.07) is 4.13. The van der Waals surface area contributed by atoms with Gasteiger partial charge in [0.05, 0.1) is 7.11 Å². The molecule has 2 unspecified atom stereocenters. The zero-order valence-electron chi connectivity index (χ0n) is 16.9. The number of halogens is 1. The average Bonchev–Trinajstić information content (AvgIpc) is 3.00. The molecule has 2 atom stereocenters. The molecule has 0 bridgehead atoms. The normalized spacial score (nSPS) is 21.4. The standard InChI is InChI=1S/C20H30N4O3.HI/c1-13-7-15-9-17(26-3)16(10-18(15)27-13)11-23-20(22-2)24-6-4-5-14(12-24)8-19(21)25;/h9-10,13-14H,4-8,11-12H2,1-3H3,(H2,21,25)(H,22,23);1H. The number of amides is 1. The Hall–Kier alpha value is -1.71. The number of nitrogens with zero attached hydrogens (tertiary/aromatic N) is 2. The van der Waals surface area contributed by atoms with Crippen LogP contribution in [0.1, 0.15) is 37.3 Å². The largest absolute Gasteiger partial charge is 0.496 e. The van der Waals surface area contributed by atoms with Crippen molar-refractivity contribution in [1.29, 1.82) is 0 Å². The van der Waals surface area contributed by atoms with Crippen LogP contribution in [0, 0.1) is 5.92 Å². The molecule has 1 saturated heterocycles. The van der Waals surface area contributed by atoms with Crippen molar-refractivity contribution in [3.8, 4) is 11.5 Å². The first-order valence-corrected chi connectivity index (χ1v) is 9.60. The number of nitrogens with one attached hydrogen (secondary N) is 1. The number of nitrogens with two attached hydrogens (primary N) is 1. The summed E-state index contributed by atoms with van der Waals surface area (Å²) >= 11 is 0. The summed E-state index contributed by atoms with van der Waals surface area (Å²) < 4.78 is 11.5. The Morgan fingerprint density at radius 3 is 2.93 bits per heavy atom. The predicted molar refractivity (Wildman–Crippen MR) is 121 cm³/mol. The van der Waals surface area contributed by atoms with Gasteiger partial charge in [0, 0.05) is 50.7 Å². The number of hydrogen-bond donors (Lipinski definition) is 2. The Balaban J connectivity index is 0.00000280. The quantitative estimate of drug-likeness (QED) is 0.367. The number of piperidine rings is 1. The van der Waals surface area contributed by atoms with Crippen molar-refractivity contribution in [2.75, 3.05) is 27.2 Å². The number of benzene rings is 1. The Kier molecular flexibility index (Phi) is 8.21.